The molecule has 94 valence electrons. The number of fused-ring (bicyclic) bond motifs is 1. The third-order valence-corrected chi connectivity index (χ3v) is 3.26. The molecule has 6 heteroatoms. The molecule has 1 unspecified atom stereocenters. The summed E-state index contributed by atoms with van der Waals surface area (Å²) in [5, 5.41) is 13.7. The van der Waals surface area contributed by atoms with E-state index in [2.05, 4.69) is 21.9 Å². The van der Waals surface area contributed by atoms with Crippen molar-refractivity contribution in [3.63, 3.8) is 0 Å². The van der Waals surface area contributed by atoms with Crippen LogP contribution in [0, 0.1) is 0 Å². The van der Waals surface area contributed by atoms with Crippen LogP contribution >= 0.6 is 11.6 Å². The van der Waals surface area contributed by atoms with Crippen LogP contribution in [0.5, 0.6) is 0 Å². The molecule has 1 saturated heterocycles. The molecule has 1 aliphatic heterocycles. The first-order chi connectivity index (χ1) is 8.79. The molecule has 0 bridgehead atoms. The van der Waals surface area contributed by atoms with Gasteiger partial charge >= 0.3 is 0 Å². The lowest BCUT2D eigenvalue weighted by atomic mass is 10.2. The van der Waals surface area contributed by atoms with Gasteiger partial charge in [0.05, 0.1) is 11.1 Å². The number of hydrogen-bond acceptors (Lipinski definition) is 4. The van der Waals surface area contributed by atoms with Gasteiger partial charge in [-0.1, -0.05) is 18.2 Å². The summed E-state index contributed by atoms with van der Waals surface area (Å²) in [6.07, 6.45) is 4.81. The molecule has 3 rings (SSSR count). The molecule has 0 N–H and O–H groups in total. The van der Waals surface area contributed by atoms with Crippen molar-refractivity contribution in [2.45, 2.75) is 25.5 Å². The molecule has 1 atom stereocenters. The standard InChI is InChI=1S/C12H13ClN4O/c1-2-9-8-7-10(13)14-15-12(8)17(16-9)11-5-3-4-6-18-11/h2,7,11H,1,3-6H2. The lowest BCUT2D eigenvalue weighted by Crippen LogP contribution is -2.19. The van der Waals surface area contributed by atoms with Crippen LogP contribution in [0.2, 0.25) is 5.15 Å². The van der Waals surface area contributed by atoms with Gasteiger partial charge in [0.1, 0.15) is 0 Å². The summed E-state index contributed by atoms with van der Waals surface area (Å²) in [5.74, 6) is 0. The summed E-state index contributed by atoms with van der Waals surface area (Å²) < 4.78 is 7.51. The minimum Gasteiger partial charge on any atom is -0.356 e. The zero-order valence-corrected chi connectivity index (χ0v) is 10.6. The normalized spacial score (nSPS) is 20.2. The Morgan fingerprint density at radius 3 is 3.06 bits per heavy atom. The van der Waals surface area contributed by atoms with E-state index in [1.165, 1.54) is 0 Å². The fraction of sp³-hybridized carbons (Fsp3) is 0.417. The van der Waals surface area contributed by atoms with Crippen molar-refractivity contribution >= 4 is 28.7 Å². The molecule has 5 nitrogen and oxygen atoms in total. The van der Waals surface area contributed by atoms with Gasteiger partial charge in [0, 0.05) is 6.61 Å². The van der Waals surface area contributed by atoms with E-state index >= 15 is 0 Å². The van der Waals surface area contributed by atoms with Crippen molar-refractivity contribution in [1.29, 1.82) is 0 Å². The van der Waals surface area contributed by atoms with Gasteiger partial charge in [-0.3, -0.25) is 0 Å². The minimum absolute atomic E-state index is 0.0644. The summed E-state index contributed by atoms with van der Waals surface area (Å²) in [4.78, 5) is 0. The average molecular weight is 265 g/mol. The van der Waals surface area contributed by atoms with Gasteiger partial charge in [-0.2, -0.15) is 5.10 Å². The number of nitrogens with zero attached hydrogens (tertiary/aromatic N) is 4. The topological polar surface area (TPSA) is 52.8 Å². The van der Waals surface area contributed by atoms with E-state index in [1.54, 1.807) is 16.8 Å². The second-order valence-corrected chi connectivity index (χ2v) is 4.65. The Balaban J connectivity index is 2.13. The van der Waals surface area contributed by atoms with Crippen molar-refractivity contribution in [3.05, 3.63) is 23.5 Å². The molecule has 2 aromatic rings. The Bertz CT molecular complexity index is 589. The molecular formula is C12H13ClN4O. The number of aromatic nitrogens is 4. The predicted octanol–water partition coefficient (Wildman–Crippen LogP) is 2.82. The average Bonchev–Trinajstić information content (AvgIpc) is 2.77. The first-order valence-corrected chi connectivity index (χ1v) is 6.33. The summed E-state index contributed by atoms with van der Waals surface area (Å²) in [6, 6.07) is 1.76. The van der Waals surface area contributed by atoms with Crippen molar-refractivity contribution < 1.29 is 4.74 Å². The van der Waals surface area contributed by atoms with Gasteiger partial charge in [0.25, 0.3) is 0 Å². The highest BCUT2D eigenvalue weighted by atomic mass is 35.5. The van der Waals surface area contributed by atoms with Crippen LogP contribution in [0.4, 0.5) is 0 Å². The minimum atomic E-state index is -0.0644. The van der Waals surface area contributed by atoms with Crippen molar-refractivity contribution in [2.24, 2.45) is 0 Å². The molecular weight excluding hydrogens is 252 g/mol. The Morgan fingerprint density at radius 2 is 2.33 bits per heavy atom. The molecule has 1 aliphatic rings. The molecule has 0 aromatic carbocycles. The highest BCUT2D eigenvalue weighted by molar-refractivity contribution is 6.29. The molecule has 0 saturated carbocycles. The van der Waals surface area contributed by atoms with E-state index in [0.717, 1.165) is 36.9 Å². The summed E-state index contributed by atoms with van der Waals surface area (Å²) in [6.45, 7) is 4.52. The molecule has 0 aliphatic carbocycles. The van der Waals surface area contributed by atoms with Crippen LogP contribution in [0.25, 0.3) is 17.1 Å². The third kappa shape index (κ3) is 1.89. The highest BCUT2D eigenvalue weighted by Crippen LogP contribution is 2.27. The number of hydrogen-bond donors (Lipinski definition) is 0. The lowest BCUT2D eigenvalue weighted by Gasteiger charge is -2.22. The lowest BCUT2D eigenvalue weighted by molar-refractivity contribution is -0.0371. The first kappa shape index (κ1) is 11.6. The van der Waals surface area contributed by atoms with Gasteiger partial charge in [-0.05, 0) is 31.4 Å². The van der Waals surface area contributed by atoms with Crippen LogP contribution in [0.3, 0.4) is 0 Å². The largest absolute Gasteiger partial charge is 0.356 e. The summed E-state index contributed by atoms with van der Waals surface area (Å²) in [5.41, 5.74) is 1.46. The fourth-order valence-corrected chi connectivity index (χ4v) is 2.35. The van der Waals surface area contributed by atoms with Crippen molar-refractivity contribution in [1.82, 2.24) is 20.0 Å². The predicted molar refractivity (Wildman–Crippen MR) is 69.3 cm³/mol. The van der Waals surface area contributed by atoms with Crippen LogP contribution in [-0.2, 0) is 4.74 Å². The Kier molecular flexibility index (Phi) is 3.01. The van der Waals surface area contributed by atoms with Crippen LogP contribution in [-0.4, -0.2) is 26.6 Å². The van der Waals surface area contributed by atoms with E-state index in [-0.39, 0.29) is 6.23 Å². The molecule has 3 heterocycles. The second kappa shape index (κ2) is 4.66. The summed E-state index contributed by atoms with van der Waals surface area (Å²) in [7, 11) is 0. The van der Waals surface area contributed by atoms with Gasteiger partial charge in [0.2, 0.25) is 0 Å². The van der Waals surface area contributed by atoms with Crippen molar-refractivity contribution in [2.75, 3.05) is 6.61 Å². The van der Waals surface area contributed by atoms with Crippen LogP contribution in [0.1, 0.15) is 31.2 Å². The van der Waals surface area contributed by atoms with Gasteiger partial charge in [0.15, 0.2) is 17.0 Å². The Morgan fingerprint density at radius 1 is 1.44 bits per heavy atom. The second-order valence-electron chi connectivity index (χ2n) is 4.26. The fourth-order valence-electron chi connectivity index (χ4n) is 2.20. The van der Waals surface area contributed by atoms with E-state index in [4.69, 9.17) is 16.3 Å². The highest BCUT2D eigenvalue weighted by Gasteiger charge is 2.21. The maximum atomic E-state index is 5.87. The zero-order chi connectivity index (χ0) is 12.5. The molecule has 0 spiro atoms. The Labute approximate surface area is 109 Å². The monoisotopic (exact) mass is 264 g/mol. The van der Waals surface area contributed by atoms with Gasteiger partial charge in [-0.15, -0.1) is 10.2 Å². The van der Waals surface area contributed by atoms with E-state index in [0.29, 0.717) is 10.8 Å². The molecule has 2 aromatic heterocycles. The van der Waals surface area contributed by atoms with Crippen LogP contribution < -0.4 is 0 Å². The zero-order valence-electron chi connectivity index (χ0n) is 9.84. The summed E-state index contributed by atoms with van der Waals surface area (Å²) >= 11 is 5.87. The Hall–Kier alpha value is -1.46. The quantitative estimate of drug-likeness (QED) is 0.837. The third-order valence-electron chi connectivity index (χ3n) is 3.07. The van der Waals surface area contributed by atoms with Gasteiger partial charge < -0.3 is 4.74 Å². The van der Waals surface area contributed by atoms with E-state index < -0.39 is 0 Å². The number of rotatable bonds is 2. The van der Waals surface area contributed by atoms with E-state index in [9.17, 15) is 0 Å². The molecule has 18 heavy (non-hydrogen) atoms. The van der Waals surface area contributed by atoms with Crippen molar-refractivity contribution in [3.8, 4) is 0 Å². The number of halogens is 1. The van der Waals surface area contributed by atoms with Gasteiger partial charge in [-0.25, -0.2) is 4.68 Å². The maximum absolute atomic E-state index is 5.87. The van der Waals surface area contributed by atoms with Crippen LogP contribution in [0.15, 0.2) is 12.6 Å². The smallest absolute Gasteiger partial charge is 0.183 e. The maximum Gasteiger partial charge on any atom is 0.183 e. The first-order valence-electron chi connectivity index (χ1n) is 5.95. The molecule has 0 radical (unpaired) electrons. The number of ether oxygens (including phenoxy) is 1. The molecule has 1 fully saturated rings. The SMILES string of the molecule is C=Cc1nn(C2CCCCO2)c2nnc(Cl)cc12. The van der Waals surface area contributed by atoms with E-state index in [1.807, 2.05) is 0 Å². The molecule has 0 amide bonds.